The van der Waals surface area contributed by atoms with Gasteiger partial charge in [-0.3, -0.25) is 9.59 Å². The molecule has 1 aromatic heterocycles. The van der Waals surface area contributed by atoms with Gasteiger partial charge in [-0.2, -0.15) is 10.5 Å². The van der Waals surface area contributed by atoms with Crippen LogP contribution in [0.1, 0.15) is 31.8 Å². The van der Waals surface area contributed by atoms with Crippen molar-refractivity contribution in [2.75, 3.05) is 4.90 Å². The van der Waals surface area contributed by atoms with Crippen molar-refractivity contribution < 1.29 is 9.59 Å². The van der Waals surface area contributed by atoms with Gasteiger partial charge < -0.3 is 4.57 Å². The number of nitrogens with zero attached hydrogens (tertiary/aromatic N) is 4. The van der Waals surface area contributed by atoms with Crippen molar-refractivity contribution >= 4 is 39.3 Å². The summed E-state index contributed by atoms with van der Waals surface area (Å²) >= 11 is 0. The molecule has 0 bridgehead atoms. The molecule has 1 aliphatic rings. The van der Waals surface area contributed by atoms with Crippen molar-refractivity contribution in [1.29, 1.82) is 10.5 Å². The minimum Gasteiger partial charge on any atom is -0.308 e. The molecular formula is C52H30N4O2. The van der Waals surface area contributed by atoms with E-state index in [4.69, 9.17) is 0 Å². The standard InChI is InChI=1S/C52H30N4O2/c53-31-37-17-7-9-19-39(37)35-25-27-42-43-28-26-36(40-20-10-8-18-38(40)32-54)30-48(43)55(47(42)29-35)46-24-12-22-44-50(46)52(58)56(51(44)57)45-23-11-21-41(33-13-3-1-4-14-33)49(45)34-15-5-2-6-16-34/h1-30H. The van der Waals surface area contributed by atoms with Crippen LogP contribution in [0.2, 0.25) is 0 Å². The molecule has 1 aliphatic heterocycles. The number of nitriles is 2. The summed E-state index contributed by atoms with van der Waals surface area (Å²) < 4.78 is 2.05. The van der Waals surface area contributed by atoms with Crippen LogP contribution in [0, 0.1) is 22.7 Å². The van der Waals surface area contributed by atoms with Crippen LogP contribution in [0.5, 0.6) is 0 Å². The summed E-state index contributed by atoms with van der Waals surface area (Å²) in [6, 6.07) is 62.8. The van der Waals surface area contributed by atoms with E-state index in [0.29, 0.717) is 33.6 Å². The van der Waals surface area contributed by atoms with E-state index in [0.717, 1.165) is 66.3 Å². The highest BCUT2D eigenvalue weighted by molar-refractivity contribution is 6.37. The molecule has 0 radical (unpaired) electrons. The molecule has 0 saturated heterocycles. The molecule has 10 rings (SSSR count). The number of imide groups is 1. The van der Waals surface area contributed by atoms with Gasteiger partial charge in [0.05, 0.1) is 56.8 Å². The highest BCUT2D eigenvalue weighted by Crippen LogP contribution is 2.45. The molecule has 0 unspecified atom stereocenters. The lowest BCUT2D eigenvalue weighted by Crippen LogP contribution is -2.30. The van der Waals surface area contributed by atoms with Crippen LogP contribution in [0.4, 0.5) is 5.69 Å². The summed E-state index contributed by atoms with van der Waals surface area (Å²) in [6.45, 7) is 0. The van der Waals surface area contributed by atoms with Gasteiger partial charge in [-0.05, 0) is 81.4 Å². The lowest BCUT2D eigenvalue weighted by molar-refractivity contribution is 0.0926. The zero-order chi connectivity index (χ0) is 39.3. The van der Waals surface area contributed by atoms with Crippen molar-refractivity contribution in [3.05, 3.63) is 204 Å². The molecule has 0 atom stereocenters. The summed E-state index contributed by atoms with van der Waals surface area (Å²) in [5, 5.41) is 21.9. The number of amides is 2. The number of anilines is 1. The number of rotatable bonds is 6. The summed E-state index contributed by atoms with van der Waals surface area (Å²) in [4.78, 5) is 31.3. The summed E-state index contributed by atoms with van der Waals surface area (Å²) in [5.41, 5.74) is 11.1. The summed E-state index contributed by atoms with van der Waals surface area (Å²) in [7, 11) is 0. The Bertz CT molecular complexity index is 3130. The molecule has 8 aromatic carbocycles. The Kier molecular flexibility index (Phi) is 8.11. The van der Waals surface area contributed by atoms with Crippen LogP contribution in [0.25, 0.3) is 72.0 Å². The predicted octanol–water partition coefficient (Wildman–Crippen LogP) is 12.0. The van der Waals surface area contributed by atoms with E-state index >= 15 is 4.79 Å². The SMILES string of the molecule is N#Cc1ccccc1-c1ccc2c3ccc(-c4ccccc4C#N)cc3n(-c3cccc4c3C(=O)N(c3cccc(-c5ccccc5)c3-c3ccccc3)C4=O)c2c1. The maximum Gasteiger partial charge on any atom is 0.268 e. The van der Waals surface area contributed by atoms with Gasteiger partial charge in [-0.15, -0.1) is 0 Å². The van der Waals surface area contributed by atoms with Crippen molar-refractivity contribution in [2.45, 2.75) is 0 Å². The third-order valence-electron chi connectivity index (χ3n) is 11.0. The first-order chi connectivity index (χ1) is 28.6. The van der Waals surface area contributed by atoms with Crippen LogP contribution in [-0.4, -0.2) is 16.4 Å². The largest absolute Gasteiger partial charge is 0.308 e. The third-order valence-corrected chi connectivity index (χ3v) is 11.0. The van der Waals surface area contributed by atoms with E-state index in [9.17, 15) is 15.3 Å². The first-order valence-corrected chi connectivity index (χ1v) is 18.9. The van der Waals surface area contributed by atoms with Crippen LogP contribution in [-0.2, 0) is 0 Å². The smallest absolute Gasteiger partial charge is 0.268 e. The van der Waals surface area contributed by atoms with Crippen LogP contribution >= 0.6 is 0 Å². The molecule has 2 amide bonds. The summed E-state index contributed by atoms with van der Waals surface area (Å²) in [5.74, 6) is -0.831. The van der Waals surface area contributed by atoms with Crippen LogP contribution in [0.3, 0.4) is 0 Å². The third kappa shape index (κ3) is 5.33. The maximum absolute atomic E-state index is 15.2. The van der Waals surface area contributed by atoms with Gasteiger partial charge in [-0.1, -0.05) is 140 Å². The number of benzene rings is 8. The van der Waals surface area contributed by atoms with E-state index in [-0.39, 0.29) is 0 Å². The zero-order valence-electron chi connectivity index (χ0n) is 30.9. The van der Waals surface area contributed by atoms with Crippen molar-refractivity contribution in [3.63, 3.8) is 0 Å². The second-order valence-electron chi connectivity index (χ2n) is 14.2. The first-order valence-electron chi connectivity index (χ1n) is 18.9. The fourth-order valence-electron chi connectivity index (χ4n) is 8.44. The van der Waals surface area contributed by atoms with Gasteiger partial charge in [0.1, 0.15) is 0 Å². The number of fused-ring (bicyclic) bond motifs is 4. The number of aromatic nitrogens is 1. The monoisotopic (exact) mass is 742 g/mol. The Morgan fingerprint density at radius 1 is 0.379 bits per heavy atom. The zero-order valence-corrected chi connectivity index (χ0v) is 30.9. The Balaban J connectivity index is 1.23. The van der Waals surface area contributed by atoms with E-state index in [1.54, 1.807) is 18.2 Å². The van der Waals surface area contributed by atoms with Crippen molar-refractivity contribution in [2.24, 2.45) is 0 Å². The molecule has 9 aromatic rings. The number of hydrogen-bond donors (Lipinski definition) is 0. The van der Waals surface area contributed by atoms with Gasteiger partial charge in [0.25, 0.3) is 11.8 Å². The fourth-order valence-corrected chi connectivity index (χ4v) is 8.44. The molecule has 270 valence electrons. The lowest BCUT2D eigenvalue weighted by atomic mass is 9.92. The minimum absolute atomic E-state index is 0.293. The maximum atomic E-state index is 15.2. The highest BCUT2D eigenvalue weighted by Gasteiger charge is 2.41. The quantitative estimate of drug-likeness (QED) is 0.159. The highest BCUT2D eigenvalue weighted by atomic mass is 16.2. The first kappa shape index (κ1) is 34.2. The number of hydrogen-bond acceptors (Lipinski definition) is 4. The second-order valence-corrected chi connectivity index (χ2v) is 14.2. The van der Waals surface area contributed by atoms with E-state index in [1.807, 2.05) is 168 Å². The van der Waals surface area contributed by atoms with E-state index in [2.05, 4.69) is 12.1 Å². The Labute approximate surface area is 334 Å². The Morgan fingerprint density at radius 2 is 0.862 bits per heavy atom. The minimum atomic E-state index is -0.426. The topological polar surface area (TPSA) is 89.9 Å². The van der Waals surface area contributed by atoms with Gasteiger partial charge in [0, 0.05) is 16.3 Å². The molecule has 0 saturated carbocycles. The second kappa shape index (κ2) is 13.8. The molecular weight excluding hydrogens is 713 g/mol. The molecule has 6 nitrogen and oxygen atoms in total. The molecule has 6 heteroatoms. The average molecular weight is 743 g/mol. The van der Waals surface area contributed by atoms with Gasteiger partial charge in [0.15, 0.2) is 0 Å². The fraction of sp³-hybridized carbons (Fsp3) is 0. The van der Waals surface area contributed by atoms with Gasteiger partial charge >= 0.3 is 0 Å². The van der Waals surface area contributed by atoms with Crippen LogP contribution in [0.15, 0.2) is 182 Å². The van der Waals surface area contributed by atoms with E-state index < -0.39 is 11.8 Å². The average Bonchev–Trinajstić information content (AvgIpc) is 3.75. The molecule has 0 aliphatic carbocycles. The van der Waals surface area contributed by atoms with E-state index in [1.165, 1.54) is 4.90 Å². The molecule has 0 N–H and O–H groups in total. The molecule has 2 heterocycles. The molecule has 0 fully saturated rings. The Hall–Kier alpha value is -8.32. The Morgan fingerprint density at radius 3 is 1.43 bits per heavy atom. The molecule has 0 spiro atoms. The van der Waals surface area contributed by atoms with Crippen molar-refractivity contribution in [1.82, 2.24) is 4.57 Å². The number of carbonyl (C=O) groups is 2. The van der Waals surface area contributed by atoms with Gasteiger partial charge in [0.2, 0.25) is 0 Å². The normalized spacial score (nSPS) is 12.1. The number of carbonyl (C=O) groups excluding carboxylic acids is 2. The summed E-state index contributed by atoms with van der Waals surface area (Å²) in [6.07, 6.45) is 0. The van der Waals surface area contributed by atoms with Crippen molar-refractivity contribution in [3.8, 4) is 62.3 Å². The lowest BCUT2D eigenvalue weighted by Gasteiger charge is -2.22. The van der Waals surface area contributed by atoms with Crippen LogP contribution < -0.4 is 4.90 Å². The van der Waals surface area contributed by atoms with Gasteiger partial charge in [-0.25, -0.2) is 4.90 Å². The molecule has 58 heavy (non-hydrogen) atoms. The predicted molar refractivity (Wildman–Crippen MR) is 230 cm³/mol.